The molecule has 0 saturated carbocycles. The van der Waals surface area contributed by atoms with Crippen LogP contribution in [0.3, 0.4) is 0 Å². The number of hydrogen-bond acceptors (Lipinski definition) is 3. The molecule has 0 radical (unpaired) electrons. The third-order valence-corrected chi connectivity index (χ3v) is 3.86. The number of unbranched alkanes of at least 4 members (excludes halogenated alkanes) is 2. The minimum Gasteiger partial charge on any atom is -0.373 e. The van der Waals surface area contributed by atoms with Gasteiger partial charge in [-0.25, -0.2) is 0 Å². The van der Waals surface area contributed by atoms with Crippen LogP contribution in [0.1, 0.15) is 38.7 Å². The van der Waals surface area contributed by atoms with Crippen molar-refractivity contribution in [2.75, 3.05) is 24.2 Å². The largest absolute Gasteiger partial charge is 0.373 e. The molecule has 0 fully saturated rings. The van der Waals surface area contributed by atoms with Gasteiger partial charge < -0.3 is 4.90 Å². The van der Waals surface area contributed by atoms with Crippen LogP contribution in [0.4, 0.5) is 5.69 Å². The van der Waals surface area contributed by atoms with E-state index in [1.54, 1.807) is 11.8 Å². The molecule has 0 amide bonds. The molecule has 1 aromatic carbocycles. The summed E-state index contributed by atoms with van der Waals surface area (Å²) in [4.78, 5) is 3.30. The predicted octanol–water partition coefficient (Wildman–Crippen LogP) is 4.30. The normalized spacial score (nSPS) is 10.1. The molecule has 0 saturated heterocycles. The van der Waals surface area contributed by atoms with Crippen molar-refractivity contribution in [3.05, 3.63) is 23.8 Å². The van der Waals surface area contributed by atoms with E-state index in [0.717, 1.165) is 28.4 Å². The maximum Gasteiger partial charge on any atom is 0.103 e. The van der Waals surface area contributed by atoms with Gasteiger partial charge in [-0.05, 0) is 24.3 Å². The number of nitriles is 1. The number of nitrogens with zero attached hydrogens (tertiary/aromatic N) is 2. The number of thioether (sulfide) groups is 1. The van der Waals surface area contributed by atoms with Crippen LogP contribution >= 0.6 is 11.8 Å². The minimum atomic E-state index is 0.823. The van der Waals surface area contributed by atoms with E-state index in [2.05, 4.69) is 31.9 Å². The fraction of sp³-hybridized carbons (Fsp3) is 0.533. The third-order valence-electron chi connectivity index (χ3n) is 2.92. The molecule has 0 heterocycles. The van der Waals surface area contributed by atoms with Gasteiger partial charge in [0.25, 0.3) is 0 Å². The van der Waals surface area contributed by atoms with Crippen molar-refractivity contribution in [1.29, 1.82) is 5.26 Å². The number of hydrogen-bond donors (Lipinski definition) is 0. The van der Waals surface area contributed by atoms with Crippen molar-refractivity contribution in [1.82, 2.24) is 0 Å². The van der Waals surface area contributed by atoms with E-state index in [1.165, 1.54) is 19.3 Å². The van der Waals surface area contributed by atoms with Gasteiger partial charge in [0.15, 0.2) is 0 Å². The molecule has 3 heteroatoms. The van der Waals surface area contributed by atoms with E-state index >= 15 is 0 Å². The van der Waals surface area contributed by atoms with Crippen LogP contribution in [-0.2, 0) is 0 Å². The van der Waals surface area contributed by atoms with Gasteiger partial charge in [0, 0.05) is 18.5 Å². The van der Waals surface area contributed by atoms with E-state index in [-0.39, 0.29) is 0 Å². The summed E-state index contributed by atoms with van der Waals surface area (Å²) in [7, 11) is 2.08. The summed E-state index contributed by atoms with van der Waals surface area (Å²) in [5, 5.41) is 9.36. The second-order valence-corrected chi connectivity index (χ2v) is 5.63. The Hall–Kier alpha value is -1.14. The Kier molecular flexibility index (Phi) is 6.67. The molecule has 0 atom stereocenters. The van der Waals surface area contributed by atoms with Gasteiger partial charge in [0.05, 0.1) is 11.3 Å². The van der Waals surface area contributed by atoms with E-state index in [0.29, 0.717) is 0 Å². The molecular weight excluding hydrogens is 240 g/mol. The zero-order valence-corrected chi connectivity index (χ0v) is 12.4. The summed E-state index contributed by atoms with van der Waals surface area (Å²) in [6, 6.07) is 8.49. The molecule has 0 aliphatic heterocycles. The Morgan fingerprint density at radius 1 is 1.28 bits per heavy atom. The molecule has 0 unspecified atom stereocenters. The molecule has 18 heavy (non-hydrogen) atoms. The summed E-state index contributed by atoms with van der Waals surface area (Å²) in [5.74, 6) is 0.998. The highest BCUT2D eigenvalue weighted by molar-refractivity contribution is 7.99. The first-order valence-electron chi connectivity index (χ1n) is 6.61. The first kappa shape index (κ1) is 14.9. The van der Waals surface area contributed by atoms with Crippen molar-refractivity contribution in [2.24, 2.45) is 0 Å². The standard InChI is InChI=1S/C15H22N2S/c1-4-6-7-11-17(3)14-9-8-10-15(18-5-2)13(14)12-16/h8-10H,4-7,11H2,1-3H3. The Morgan fingerprint density at radius 2 is 2.06 bits per heavy atom. The average Bonchev–Trinajstić information content (AvgIpc) is 2.39. The third kappa shape index (κ3) is 3.96. The maximum atomic E-state index is 9.36. The van der Waals surface area contributed by atoms with Crippen molar-refractivity contribution in [3.8, 4) is 6.07 Å². The van der Waals surface area contributed by atoms with Gasteiger partial charge in [-0.2, -0.15) is 5.26 Å². The molecule has 1 aromatic rings. The first-order chi connectivity index (χ1) is 8.74. The van der Waals surface area contributed by atoms with Gasteiger partial charge in [-0.3, -0.25) is 0 Å². The quantitative estimate of drug-likeness (QED) is 0.541. The van der Waals surface area contributed by atoms with E-state index in [4.69, 9.17) is 0 Å². The lowest BCUT2D eigenvalue weighted by Crippen LogP contribution is -2.19. The molecule has 0 spiro atoms. The Morgan fingerprint density at radius 3 is 2.67 bits per heavy atom. The fourth-order valence-corrected chi connectivity index (χ4v) is 2.73. The monoisotopic (exact) mass is 262 g/mol. The topological polar surface area (TPSA) is 27.0 Å². The second kappa shape index (κ2) is 8.05. The van der Waals surface area contributed by atoms with E-state index in [1.807, 2.05) is 18.2 Å². The van der Waals surface area contributed by atoms with E-state index < -0.39 is 0 Å². The van der Waals surface area contributed by atoms with Crippen LogP contribution in [-0.4, -0.2) is 19.3 Å². The maximum absolute atomic E-state index is 9.36. The summed E-state index contributed by atoms with van der Waals surface area (Å²) in [6.07, 6.45) is 3.66. The summed E-state index contributed by atoms with van der Waals surface area (Å²) < 4.78 is 0. The van der Waals surface area contributed by atoms with Crippen molar-refractivity contribution in [2.45, 2.75) is 38.0 Å². The van der Waals surface area contributed by atoms with Crippen molar-refractivity contribution in [3.63, 3.8) is 0 Å². The summed E-state index contributed by atoms with van der Waals surface area (Å²) >= 11 is 1.74. The molecule has 0 N–H and O–H groups in total. The number of benzene rings is 1. The van der Waals surface area contributed by atoms with Gasteiger partial charge in [0.2, 0.25) is 0 Å². The molecule has 1 rings (SSSR count). The molecule has 0 aromatic heterocycles. The zero-order valence-electron chi connectivity index (χ0n) is 11.6. The first-order valence-corrected chi connectivity index (χ1v) is 7.60. The smallest absolute Gasteiger partial charge is 0.103 e. The fourth-order valence-electron chi connectivity index (χ4n) is 1.95. The molecule has 0 aliphatic rings. The number of rotatable bonds is 7. The van der Waals surface area contributed by atoms with Crippen LogP contribution in [0.15, 0.2) is 23.1 Å². The Balaban J connectivity index is 2.87. The molecule has 0 bridgehead atoms. The average molecular weight is 262 g/mol. The Labute approximate surface area is 115 Å². The van der Waals surface area contributed by atoms with Crippen LogP contribution in [0.2, 0.25) is 0 Å². The predicted molar refractivity (Wildman–Crippen MR) is 80.4 cm³/mol. The molecule has 98 valence electrons. The lowest BCUT2D eigenvalue weighted by Gasteiger charge is -2.21. The van der Waals surface area contributed by atoms with Crippen LogP contribution in [0.5, 0.6) is 0 Å². The second-order valence-electron chi connectivity index (χ2n) is 4.32. The van der Waals surface area contributed by atoms with Crippen molar-refractivity contribution >= 4 is 17.4 Å². The summed E-state index contributed by atoms with van der Waals surface area (Å²) in [5.41, 5.74) is 1.88. The molecule has 2 nitrogen and oxygen atoms in total. The lowest BCUT2D eigenvalue weighted by molar-refractivity contribution is 0.704. The highest BCUT2D eigenvalue weighted by atomic mass is 32.2. The summed E-state index contributed by atoms with van der Waals surface area (Å²) in [6.45, 7) is 5.34. The van der Waals surface area contributed by atoms with Gasteiger partial charge >= 0.3 is 0 Å². The van der Waals surface area contributed by atoms with Crippen molar-refractivity contribution < 1.29 is 0 Å². The highest BCUT2D eigenvalue weighted by Gasteiger charge is 2.11. The minimum absolute atomic E-state index is 0.823. The number of anilines is 1. The van der Waals surface area contributed by atoms with Gasteiger partial charge in [-0.15, -0.1) is 11.8 Å². The van der Waals surface area contributed by atoms with E-state index in [9.17, 15) is 5.26 Å². The lowest BCUT2D eigenvalue weighted by atomic mass is 10.1. The molecule has 0 aliphatic carbocycles. The Bertz CT molecular complexity index is 409. The van der Waals surface area contributed by atoms with Crippen LogP contribution < -0.4 is 4.90 Å². The van der Waals surface area contributed by atoms with Gasteiger partial charge in [-0.1, -0.05) is 32.8 Å². The van der Waals surface area contributed by atoms with Gasteiger partial charge in [0.1, 0.15) is 6.07 Å². The SMILES string of the molecule is CCCCCN(C)c1cccc(SCC)c1C#N. The molecular formula is C15H22N2S. The zero-order chi connectivity index (χ0) is 13.4. The van der Waals surface area contributed by atoms with Crippen LogP contribution in [0.25, 0.3) is 0 Å². The highest BCUT2D eigenvalue weighted by Crippen LogP contribution is 2.29. The van der Waals surface area contributed by atoms with Crippen LogP contribution in [0, 0.1) is 11.3 Å².